The Labute approximate surface area is 198 Å². The highest BCUT2D eigenvalue weighted by Crippen LogP contribution is 2.30. The highest BCUT2D eigenvalue weighted by Gasteiger charge is 2.32. The fourth-order valence-corrected chi connectivity index (χ4v) is 5.07. The first-order valence-corrected chi connectivity index (χ1v) is 12.1. The molecule has 7 nitrogen and oxygen atoms in total. The van der Waals surface area contributed by atoms with Gasteiger partial charge < -0.3 is 15.5 Å². The molecule has 0 saturated carbocycles. The summed E-state index contributed by atoms with van der Waals surface area (Å²) in [6.07, 6.45) is 0. The van der Waals surface area contributed by atoms with Crippen LogP contribution in [0.25, 0.3) is 0 Å². The lowest BCUT2D eigenvalue weighted by molar-refractivity contribution is 0.0944. The van der Waals surface area contributed by atoms with Gasteiger partial charge in [-0.3, -0.25) is 4.79 Å². The first kappa shape index (κ1) is 24.9. The van der Waals surface area contributed by atoms with Crippen molar-refractivity contribution < 1.29 is 23.4 Å². The molecule has 0 radical (unpaired) electrons. The molecule has 0 aliphatic carbocycles. The Morgan fingerprint density at radius 2 is 1.58 bits per heavy atom. The van der Waals surface area contributed by atoms with Crippen LogP contribution >= 0.6 is 11.6 Å². The minimum Gasteiger partial charge on any atom is -0.395 e. The Morgan fingerprint density at radius 1 is 0.939 bits per heavy atom. The third-order valence-corrected chi connectivity index (χ3v) is 7.20. The van der Waals surface area contributed by atoms with E-state index in [2.05, 4.69) is 5.32 Å². The molecular formula is C24H25ClN2O5S. The van der Waals surface area contributed by atoms with Crippen LogP contribution in [0.3, 0.4) is 0 Å². The van der Waals surface area contributed by atoms with Crippen LogP contribution in [-0.4, -0.2) is 48.6 Å². The van der Waals surface area contributed by atoms with Gasteiger partial charge in [0.05, 0.1) is 24.2 Å². The zero-order valence-corrected chi connectivity index (χ0v) is 19.3. The van der Waals surface area contributed by atoms with E-state index >= 15 is 0 Å². The first-order chi connectivity index (χ1) is 15.9. The van der Waals surface area contributed by atoms with Crippen molar-refractivity contribution >= 4 is 27.5 Å². The van der Waals surface area contributed by atoms with Crippen LogP contribution in [0.2, 0.25) is 5.02 Å². The molecule has 0 aliphatic rings. The zero-order valence-electron chi connectivity index (χ0n) is 17.8. The van der Waals surface area contributed by atoms with E-state index in [-0.39, 0.29) is 30.5 Å². The number of benzene rings is 3. The fourth-order valence-electron chi connectivity index (χ4n) is 3.36. The minimum absolute atomic E-state index is 0.0242. The molecule has 0 aromatic heterocycles. The Morgan fingerprint density at radius 3 is 2.15 bits per heavy atom. The highest BCUT2D eigenvalue weighted by atomic mass is 35.5. The van der Waals surface area contributed by atoms with Gasteiger partial charge in [0.1, 0.15) is 0 Å². The molecule has 1 atom stereocenters. The standard InChI is InChI=1S/C24H25ClN2O5S/c25-21-10-12-22(13-11-21)33(31,32)27(23(17-29)19-4-2-1-3-5-19)16-18-6-8-20(9-7-18)24(30)26-14-15-28/h1-13,23,28-29H,14-17H2,(H,26,30)/t23-/m0/s1. The topological polar surface area (TPSA) is 107 Å². The molecule has 0 bridgehead atoms. The molecule has 9 heteroatoms. The summed E-state index contributed by atoms with van der Waals surface area (Å²) in [5, 5.41) is 22.0. The zero-order chi connectivity index (χ0) is 23.8. The molecule has 3 aromatic rings. The number of carbonyl (C=O) groups is 1. The maximum Gasteiger partial charge on any atom is 0.251 e. The van der Waals surface area contributed by atoms with Crippen molar-refractivity contribution in [3.8, 4) is 0 Å². The van der Waals surface area contributed by atoms with Gasteiger partial charge in [-0.1, -0.05) is 54.1 Å². The number of sulfonamides is 1. The van der Waals surface area contributed by atoms with Crippen LogP contribution in [0.1, 0.15) is 27.5 Å². The van der Waals surface area contributed by atoms with E-state index in [9.17, 15) is 18.3 Å². The third kappa shape index (κ3) is 6.19. The van der Waals surface area contributed by atoms with Gasteiger partial charge in [0.15, 0.2) is 0 Å². The van der Waals surface area contributed by atoms with Crippen molar-refractivity contribution in [3.05, 3.63) is 101 Å². The van der Waals surface area contributed by atoms with E-state index in [0.29, 0.717) is 21.7 Å². The second-order valence-corrected chi connectivity index (χ2v) is 9.62. The van der Waals surface area contributed by atoms with E-state index in [4.69, 9.17) is 16.7 Å². The van der Waals surface area contributed by atoms with Crippen LogP contribution in [0.15, 0.2) is 83.8 Å². The number of nitrogens with zero attached hydrogens (tertiary/aromatic N) is 1. The van der Waals surface area contributed by atoms with Gasteiger partial charge in [0.25, 0.3) is 5.91 Å². The number of aliphatic hydroxyl groups excluding tert-OH is 2. The van der Waals surface area contributed by atoms with Gasteiger partial charge in [-0.15, -0.1) is 0 Å². The molecule has 33 heavy (non-hydrogen) atoms. The largest absolute Gasteiger partial charge is 0.395 e. The van der Waals surface area contributed by atoms with Crippen molar-refractivity contribution in [2.24, 2.45) is 0 Å². The van der Waals surface area contributed by atoms with Crippen LogP contribution in [0, 0.1) is 0 Å². The maximum absolute atomic E-state index is 13.6. The lowest BCUT2D eigenvalue weighted by Gasteiger charge is -2.30. The Hall–Kier alpha value is -2.75. The Bertz CT molecular complexity index is 1150. The van der Waals surface area contributed by atoms with E-state index in [1.54, 1.807) is 48.5 Å². The normalized spacial score (nSPS) is 12.5. The van der Waals surface area contributed by atoms with Crippen molar-refractivity contribution in [1.29, 1.82) is 0 Å². The molecule has 0 heterocycles. The molecule has 3 N–H and O–H groups in total. The summed E-state index contributed by atoms with van der Waals surface area (Å²) < 4.78 is 28.4. The first-order valence-electron chi connectivity index (χ1n) is 10.3. The fraction of sp³-hybridized carbons (Fsp3) is 0.208. The molecule has 1 amide bonds. The number of rotatable bonds is 10. The van der Waals surface area contributed by atoms with Crippen molar-refractivity contribution in [2.45, 2.75) is 17.5 Å². The average molecular weight is 489 g/mol. The van der Waals surface area contributed by atoms with E-state index in [1.807, 2.05) is 6.07 Å². The number of aliphatic hydroxyl groups is 2. The number of halogens is 1. The van der Waals surface area contributed by atoms with Crippen molar-refractivity contribution in [3.63, 3.8) is 0 Å². The third-order valence-electron chi connectivity index (χ3n) is 5.08. The van der Waals surface area contributed by atoms with Crippen LogP contribution in [0.5, 0.6) is 0 Å². The molecule has 0 saturated heterocycles. The molecule has 0 spiro atoms. The number of nitrogens with one attached hydrogen (secondary N) is 1. The quantitative estimate of drug-likeness (QED) is 0.406. The summed E-state index contributed by atoms with van der Waals surface area (Å²) in [5.41, 5.74) is 1.68. The van der Waals surface area contributed by atoms with Gasteiger partial charge in [-0.25, -0.2) is 8.42 Å². The SMILES string of the molecule is O=C(NCCO)c1ccc(CN([C@@H](CO)c2ccccc2)S(=O)(=O)c2ccc(Cl)cc2)cc1. The van der Waals surface area contributed by atoms with Crippen molar-refractivity contribution in [2.75, 3.05) is 19.8 Å². The summed E-state index contributed by atoms with van der Waals surface area (Å²) in [5.74, 6) is -0.334. The van der Waals surface area contributed by atoms with Crippen LogP contribution in [-0.2, 0) is 16.6 Å². The lowest BCUT2D eigenvalue weighted by atomic mass is 10.1. The van der Waals surface area contributed by atoms with Gasteiger partial charge in [-0.05, 0) is 47.5 Å². The van der Waals surface area contributed by atoms with Crippen molar-refractivity contribution in [1.82, 2.24) is 9.62 Å². The summed E-state index contributed by atoms with van der Waals surface area (Å²) in [4.78, 5) is 12.1. The Balaban J connectivity index is 1.97. The van der Waals surface area contributed by atoms with Crippen LogP contribution in [0.4, 0.5) is 0 Å². The monoisotopic (exact) mass is 488 g/mol. The minimum atomic E-state index is -4.01. The molecule has 0 fully saturated rings. The molecule has 0 unspecified atom stereocenters. The summed E-state index contributed by atoms with van der Waals surface area (Å²) in [6.45, 7) is -0.464. The van der Waals surface area contributed by atoms with E-state index < -0.39 is 22.7 Å². The van der Waals surface area contributed by atoms with Gasteiger partial charge in [0, 0.05) is 23.7 Å². The lowest BCUT2D eigenvalue weighted by Crippen LogP contribution is -2.36. The van der Waals surface area contributed by atoms with Crippen LogP contribution < -0.4 is 5.32 Å². The molecular weight excluding hydrogens is 464 g/mol. The summed E-state index contributed by atoms with van der Waals surface area (Å²) in [7, 11) is -4.01. The predicted molar refractivity (Wildman–Crippen MR) is 126 cm³/mol. The number of carbonyl (C=O) groups excluding carboxylic acids is 1. The number of hydrogen-bond donors (Lipinski definition) is 3. The van der Waals surface area contributed by atoms with Gasteiger partial charge in [0.2, 0.25) is 10.0 Å². The van der Waals surface area contributed by atoms with Gasteiger partial charge in [-0.2, -0.15) is 4.31 Å². The second-order valence-electron chi connectivity index (χ2n) is 7.29. The number of hydrogen-bond acceptors (Lipinski definition) is 5. The number of amides is 1. The summed E-state index contributed by atoms with van der Waals surface area (Å²) >= 11 is 5.93. The second kappa shape index (κ2) is 11.4. The molecule has 174 valence electrons. The molecule has 0 aliphatic heterocycles. The molecule has 3 rings (SSSR count). The summed E-state index contributed by atoms with van der Waals surface area (Å²) in [6, 6.07) is 20.5. The predicted octanol–water partition coefficient (Wildman–Crippen LogP) is 2.99. The maximum atomic E-state index is 13.6. The van der Waals surface area contributed by atoms with E-state index in [0.717, 1.165) is 0 Å². The Kier molecular flexibility index (Phi) is 8.60. The highest BCUT2D eigenvalue weighted by molar-refractivity contribution is 7.89. The molecule has 3 aromatic carbocycles. The van der Waals surface area contributed by atoms with Gasteiger partial charge >= 0.3 is 0 Å². The average Bonchev–Trinajstić information content (AvgIpc) is 2.83. The van der Waals surface area contributed by atoms with E-state index in [1.165, 1.54) is 28.6 Å². The smallest absolute Gasteiger partial charge is 0.251 e.